The standard InChI is InChI=1S/C13H22O2S2/c14-7-8-15-12(11-5-2-1-3-6-11)13-16-9-4-10-17-13/h13-14H,1-10H2. The molecule has 1 saturated heterocycles. The van der Waals surface area contributed by atoms with Gasteiger partial charge in [0.25, 0.3) is 0 Å². The van der Waals surface area contributed by atoms with Crippen LogP contribution in [0.2, 0.25) is 0 Å². The van der Waals surface area contributed by atoms with Gasteiger partial charge in [-0.3, -0.25) is 0 Å². The summed E-state index contributed by atoms with van der Waals surface area (Å²) < 4.78 is 6.35. The summed E-state index contributed by atoms with van der Waals surface area (Å²) in [5.74, 6) is 3.70. The molecule has 2 rings (SSSR count). The quantitative estimate of drug-likeness (QED) is 0.796. The highest BCUT2D eigenvalue weighted by Crippen LogP contribution is 2.40. The van der Waals surface area contributed by atoms with Crippen LogP contribution in [-0.4, -0.2) is 34.4 Å². The summed E-state index contributed by atoms with van der Waals surface area (Å²) in [5.41, 5.74) is 1.52. The predicted molar refractivity (Wildman–Crippen MR) is 76.5 cm³/mol. The smallest absolute Gasteiger partial charge is 0.118 e. The Labute approximate surface area is 113 Å². The zero-order valence-electron chi connectivity index (χ0n) is 10.3. The Hall–Kier alpha value is 0.200. The van der Waals surface area contributed by atoms with Crippen LogP contribution >= 0.6 is 23.5 Å². The molecule has 0 amide bonds. The molecule has 0 aromatic rings. The number of thioether (sulfide) groups is 2. The van der Waals surface area contributed by atoms with Gasteiger partial charge in [-0.05, 0) is 49.2 Å². The minimum atomic E-state index is 0.124. The number of allylic oxidation sites excluding steroid dienone is 1. The zero-order chi connectivity index (χ0) is 11.9. The van der Waals surface area contributed by atoms with Crippen molar-refractivity contribution in [2.24, 2.45) is 0 Å². The monoisotopic (exact) mass is 274 g/mol. The lowest BCUT2D eigenvalue weighted by molar-refractivity contribution is 0.142. The van der Waals surface area contributed by atoms with Gasteiger partial charge >= 0.3 is 0 Å². The van der Waals surface area contributed by atoms with Crippen LogP contribution in [0.15, 0.2) is 11.3 Å². The molecular formula is C13H22O2S2. The predicted octanol–water partition coefficient (Wildman–Crippen LogP) is 3.41. The third kappa shape index (κ3) is 4.11. The number of rotatable bonds is 4. The van der Waals surface area contributed by atoms with E-state index < -0.39 is 0 Å². The van der Waals surface area contributed by atoms with Crippen LogP contribution in [0.1, 0.15) is 38.5 Å². The molecule has 98 valence electrons. The first kappa shape index (κ1) is 13.6. The largest absolute Gasteiger partial charge is 0.494 e. The highest BCUT2D eigenvalue weighted by atomic mass is 32.2. The molecule has 1 N–H and O–H groups in total. The molecule has 0 spiro atoms. The van der Waals surface area contributed by atoms with Gasteiger partial charge in [-0.15, -0.1) is 23.5 Å². The minimum absolute atomic E-state index is 0.124. The topological polar surface area (TPSA) is 29.5 Å². The Morgan fingerprint density at radius 1 is 1.12 bits per heavy atom. The molecule has 2 nitrogen and oxygen atoms in total. The Morgan fingerprint density at radius 2 is 1.82 bits per heavy atom. The second-order valence-electron chi connectivity index (χ2n) is 4.53. The molecule has 0 bridgehead atoms. The Bertz CT molecular complexity index is 252. The van der Waals surface area contributed by atoms with Crippen LogP contribution in [0, 0.1) is 0 Å². The van der Waals surface area contributed by atoms with E-state index in [0.717, 1.165) is 0 Å². The highest BCUT2D eigenvalue weighted by Gasteiger charge is 2.24. The molecule has 0 unspecified atom stereocenters. The maximum Gasteiger partial charge on any atom is 0.118 e. The van der Waals surface area contributed by atoms with Crippen LogP contribution in [0.5, 0.6) is 0 Å². The molecule has 4 heteroatoms. The van der Waals surface area contributed by atoms with Crippen LogP contribution in [0.3, 0.4) is 0 Å². The second-order valence-corrected chi connectivity index (χ2v) is 7.25. The lowest BCUT2D eigenvalue weighted by Gasteiger charge is -2.27. The maximum atomic E-state index is 8.95. The molecule has 2 fully saturated rings. The fourth-order valence-corrected chi connectivity index (χ4v) is 5.32. The molecule has 0 aromatic heterocycles. The molecule has 0 aromatic carbocycles. The summed E-state index contributed by atoms with van der Waals surface area (Å²) in [6.45, 7) is 0.579. The van der Waals surface area contributed by atoms with Gasteiger partial charge in [0.05, 0.1) is 6.61 Å². The minimum Gasteiger partial charge on any atom is -0.494 e. The third-order valence-electron chi connectivity index (χ3n) is 3.20. The first-order valence-electron chi connectivity index (χ1n) is 6.60. The van der Waals surface area contributed by atoms with E-state index in [1.165, 1.54) is 61.4 Å². The van der Waals surface area contributed by atoms with E-state index in [0.29, 0.717) is 11.2 Å². The van der Waals surface area contributed by atoms with Gasteiger partial charge in [0.2, 0.25) is 0 Å². The van der Waals surface area contributed by atoms with Crippen LogP contribution in [-0.2, 0) is 4.74 Å². The van der Waals surface area contributed by atoms with Gasteiger partial charge in [-0.2, -0.15) is 0 Å². The van der Waals surface area contributed by atoms with Crippen molar-refractivity contribution in [3.63, 3.8) is 0 Å². The van der Waals surface area contributed by atoms with E-state index >= 15 is 0 Å². The number of hydrogen-bond acceptors (Lipinski definition) is 4. The van der Waals surface area contributed by atoms with Crippen LogP contribution in [0.25, 0.3) is 0 Å². The summed E-state index contributed by atoms with van der Waals surface area (Å²) in [7, 11) is 0. The van der Waals surface area contributed by atoms with E-state index in [2.05, 4.69) is 0 Å². The van der Waals surface area contributed by atoms with Crippen molar-refractivity contribution < 1.29 is 9.84 Å². The second kappa shape index (κ2) is 7.59. The molecule has 1 aliphatic carbocycles. The Morgan fingerprint density at radius 3 is 2.47 bits per heavy atom. The first-order valence-corrected chi connectivity index (χ1v) is 8.70. The van der Waals surface area contributed by atoms with Gasteiger partial charge in [-0.25, -0.2) is 0 Å². The fourth-order valence-electron chi connectivity index (χ4n) is 2.36. The average Bonchev–Trinajstić information content (AvgIpc) is 2.42. The molecule has 0 atom stereocenters. The normalized spacial score (nSPS) is 22.5. The molecule has 1 aliphatic heterocycles. The van der Waals surface area contributed by atoms with Crippen molar-refractivity contribution in [2.75, 3.05) is 24.7 Å². The van der Waals surface area contributed by atoms with Gasteiger partial charge in [0, 0.05) is 0 Å². The van der Waals surface area contributed by atoms with E-state index in [1.54, 1.807) is 0 Å². The molecule has 2 aliphatic rings. The van der Waals surface area contributed by atoms with Crippen LogP contribution < -0.4 is 0 Å². The highest BCUT2D eigenvalue weighted by molar-refractivity contribution is 8.17. The summed E-state index contributed by atoms with van der Waals surface area (Å²) in [6.07, 6.45) is 7.71. The van der Waals surface area contributed by atoms with E-state index in [4.69, 9.17) is 9.84 Å². The zero-order valence-corrected chi connectivity index (χ0v) is 12.0. The molecular weight excluding hydrogens is 252 g/mol. The number of aliphatic hydroxyl groups is 1. The maximum absolute atomic E-state index is 8.95. The Kier molecular flexibility index (Phi) is 6.09. The van der Waals surface area contributed by atoms with Crippen molar-refractivity contribution in [3.8, 4) is 0 Å². The van der Waals surface area contributed by atoms with Crippen molar-refractivity contribution in [1.29, 1.82) is 0 Å². The summed E-state index contributed by atoms with van der Waals surface area (Å²) in [5, 5.41) is 8.95. The van der Waals surface area contributed by atoms with E-state index in [1.807, 2.05) is 23.5 Å². The van der Waals surface area contributed by atoms with Crippen molar-refractivity contribution in [2.45, 2.75) is 43.1 Å². The van der Waals surface area contributed by atoms with Gasteiger partial charge < -0.3 is 9.84 Å². The molecule has 0 radical (unpaired) electrons. The van der Waals surface area contributed by atoms with Gasteiger partial charge in [-0.1, -0.05) is 6.42 Å². The average molecular weight is 274 g/mol. The fraction of sp³-hybridized carbons (Fsp3) is 0.846. The lowest BCUT2D eigenvalue weighted by atomic mass is 9.94. The summed E-state index contributed by atoms with van der Waals surface area (Å²) >= 11 is 4.03. The van der Waals surface area contributed by atoms with Gasteiger partial charge in [0.15, 0.2) is 0 Å². The van der Waals surface area contributed by atoms with Gasteiger partial charge in [0.1, 0.15) is 16.9 Å². The van der Waals surface area contributed by atoms with Crippen molar-refractivity contribution in [1.82, 2.24) is 0 Å². The number of aliphatic hydroxyl groups excluding tert-OH is 1. The van der Waals surface area contributed by atoms with Crippen molar-refractivity contribution >= 4 is 23.5 Å². The van der Waals surface area contributed by atoms with E-state index in [-0.39, 0.29) is 6.61 Å². The third-order valence-corrected chi connectivity index (χ3v) is 6.09. The molecule has 17 heavy (non-hydrogen) atoms. The van der Waals surface area contributed by atoms with Crippen LogP contribution in [0.4, 0.5) is 0 Å². The summed E-state index contributed by atoms with van der Waals surface area (Å²) in [4.78, 5) is 0. The molecule has 1 saturated carbocycles. The van der Waals surface area contributed by atoms with E-state index in [9.17, 15) is 0 Å². The molecule has 1 heterocycles. The number of ether oxygens (including phenoxy) is 1. The SMILES string of the molecule is OCCOC(=C1CCCCC1)C1SCCCS1. The summed E-state index contributed by atoms with van der Waals surface area (Å²) in [6, 6.07) is 0. The van der Waals surface area contributed by atoms with Crippen molar-refractivity contribution in [3.05, 3.63) is 11.3 Å². The first-order chi connectivity index (χ1) is 8.42. The number of hydrogen-bond donors (Lipinski definition) is 1. The lowest BCUT2D eigenvalue weighted by Crippen LogP contribution is -2.17. The Balaban J connectivity index is 2.04.